The molecule has 3 aromatic rings. The van der Waals surface area contributed by atoms with Gasteiger partial charge in [-0.1, -0.05) is 13.0 Å². The van der Waals surface area contributed by atoms with Gasteiger partial charge < -0.3 is 4.74 Å². The Balaban J connectivity index is 2.00. The quantitative estimate of drug-likeness (QED) is 0.326. The van der Waals surface area contributed by atoms with Crippen LogP contribution in [0.15, 0.2) is 48.7 Å². The van der Waals surface area contributed by atoms with Gasteiger partial charge in [0.15, 0.2) is 5.82 Å². The minimum Gasteiger partial charge on any atom is -0.438 e. The molecule has 0 unspecified atom stereocenters. The number of aryl methyl sites for hydroxylation is 1. The van der Waals surface area contributed by atoms with E-state index in [-0.39, 0.29) is 5.69 Å². The Bertz CT molecular complexity index is 919. The molecular weight excluding hydrogens is 435 g/mol. The van der Waals surface area contributed by atoms with E-state index in [4.69, 9.17) is 4.74 Å². The molecule has 1 aromatic carbocycles. The molecule has 2 aromatic heterocycles. The lowest BCUT2D eigenvalue weighted by atomic mass is 10.3. The Hall–Kier alpha value is -2.62. The number of ether oxygens (including phenoxy) is 1. The first kappa shape index (κ1) is 17.2. The van der Waals surface area contributed by atoms with E-state index in [0.29, 0.717) is 29.6 Å². The third-order valence-corrected chi connectivity index (χ3v) is 4.24. The van der Waals surface area contributed by atoms with Gasteiger partial charge in [-0.2, -0.15) is 4.98 Å². The standard InChI is InChI=1S/C17H13IN4O3/c1-2-11-9-16(21-17(20-11)14-5-3-4-8-19-14)25-15-10-12(22(23)24)6-7-13(15)18/h3-10H,2H2,1H3. The molecular formula is C17H13IN4O3. The summed E-state index contributed by atoms with van der Waals surface area (Å²) in [6.45, 7) is 1.98. The molecule has 0 spiro atoms. The molecule has 7 nitrogen and oxygen atoms in total. The van der Waals surface area contributed by atoms with E-state index in [1.54, 1.807) is 18.3 Å². The number of hydrogen-bond acceptors (Lipinski definition) is 6. The van der Waals surface area contributed by atoms with Crippen LogP contribution in [-0.2, 0) is 6.42 Å². The molecule has 0 N–H and O–H groups in total. The lowest BCUT2D eigenvalue weighted by molar-refractivity contribution is -0.384. The van der Waals surface area contributed by atoms with Gasteiger partial charge in [-0.05, 0) is 47.2 Å². The number of rotatable bonds is 5. The molecule has 0 amide bonds. The van der Waals surface area contributed by atoms with Gasteiger partial charge in [-0.15, -0.1) is 0 Å². The van der Waals surface area contributed by atoms with E-state index < -0.39 is 4.92 Å². The van der Waals surface area contributed by atoms with Crippen LogP contribution in [0.1, 0.15) is 12.6 Å². The zero-order chi connectivity index (χ0) is 17.8. The second kappa shape index (κ2) is 7.51. The summed E-state index contributed by atoms with van der Waals surface area (Å²) in [5, 5.41) is 11.0. The van der Waals surface area contributed by atoms with Crippen LogP contribution < -0.4 is 4.74 Å². The lowest BCUT2D eigenvalue weighted by Gasteiger charge is -2.09. The molecule has 0 aliphatic heterocycles. The highest BCUT2D eigenvalue weighted by molar-refractivity contribution is 14.1. The second-order valence-electron chi connectivity index (χ2n) is 5.06. The number of pyridine rings is 1. The first-order chi connectivity index (χ1) is 12.1. The highest BCUT2D eigenvalue weighted by atomic mass is 127. The maximum absolute atomic E-state index is 11.0. The van der Waals surface area contributed by atoms with E-state index in [2.05, 4.69) is 37.5 Å². The molecule has 0 bridgehead atoms. The Morgan fingerprint density at radius 2 is 2.04 bits per heavy atom. The maximum Gasteiger partial charge on any atom is 0.273 e. The Morgan fingerprint density at radius 1 is 1.20 bits per heavy atom. The first-order valence-corrected chi connectivity index (χ1v) is 8.56. The summed E-state index contributed by atoms with van der Waals surface area (Å²) in [4.78, 5) is 23.6. The SMILES string of the molecule is CCc1cc(Oc2cc([N+](=O)[O-])ccc2I)nc(-c2ccccn2)n1. The van der Waals surface area contributed by atoms with Crippen LogP contribution in [0.2, 0.25) is 0 Å². The number of nitro groups is 1. The van der Waals surface area contributed by atoms with Crippen molar-refractivity contribution < 1.29 is 9.66 Å². The molecule has 3 rings (SSSR count). The zero-order valence-corrected chi connectivity index (χ0v) is 15.4. The minimum absolute atomic E-state index is 0.0369. The van der Waals surface area contributed by atoms with Gasteiger partial charge in [0.25, 0.3) is 5.69 Å². The predicted molar refractivity (Wildman–Crippen MR) is 101 cm³/mol. The van der Waals surface area contributed by atoms with Crippen molar-refractivity contribution in [3.63, 3.8) is 0 Å². The Labute approximate surface area is 157 Å². The van der Waals surface area contributed by atoms with E-state index >= 15 is 0 Å². The maximum atomic E-state index is 11.0. The fourth-order valence-corrected chi connectivity index (χ4v) is 2.56. The summed E-state index contributed by atoms with van der Waals surface area (Å²) >= 11 is 2.06. The van der Waals surface area contributed by atoms with Gasteiger partial charge in [-0.25, -0.2) is 4.98 Å². The fourth-order valence-electron chi connectivity index (χ4n) is 2.11. The van der Waals surface area contributed by atoms with Crippen molar-refractivity contribution in [1.82, 2.24) is 15.0 Å². The van der Waals surface area contributed by atoms with Crippen molar-refractivity contribution in [2.24, 2.45) is 0 Å². The van der Waals surface area contributed by atoms with Crippen LogP contribution in [0.5, 0.6) is 11.6 Å². The smallest absolute Gasteiger partial charge is 0.273 e. The highest BCUT2D eigenvalue weighted by Gasteiger charge is 2.14. The second-order valence-corrected chi connectivity index (χ2v) is 6.23. The molecule has 0 saturated carbocycles. The zero-order valence-electron chi connectivity index (χ0n) is 13.2. The van der Waals surface area contributed by atoms with Crippen molar-refractivity contribution in [2.75, 3.05) is 0 Å². The number of nitrogens with zero attached hydrogens (tertiary/aromatic N) is 4. The molecule has 0 aliphatic rings. The molecule has 0 atom stereocenters. The lowest BCUT2D eigenvalue weighted by Crippen LogP contribution is -2.00. The monoisotopic (exact) mass is 448 g/mol. The van der Waals surface area contributed by atoms with E-state index in [1.165, 1.54) is 12.1 Å². The van der Waals surface area contributed by atoms with Crippen LogP contribution in [0, 0.1) is 13.7 Å². The van der Waals surface area contributed by atoms with Crippen molar-refractivity contribution in [3.05, 3.63) is 68.0 Å². The van der Waals surface area contributed by atoms with Crippen LogP contribution in [0.3, 0.4) is 0 Å². The van der Waals surface area contributed by atoms with Crippen LogP contribution in [0.25, 0.3) is 11.5 Å². The number of benzene rings is 1. The van der Waals surface area contributed by atoms with Crippen LogP contribution >= 0.6 is 22.6 Å². The third-order valence-electron chi connectivity index (χ3n) is 3.35. The van der Waals surface area contributed by atoms with Crippen molar-refractivity contribution >= 4 is 28.3 Å². The summed E-state index contributed by atoms with van der Waals surface area (Å²) in [5.41, 5.74) is 1.40. The van der Waals surface area contributed by atoms with Crippen LogP contribution in [-0.4, -0.2) is 19.9 Å². The predicted octanol–water partition coefficient (Wildman–Crippen LogP) is 4.41. The summed E-state index contributed by atoms with van der Waals surface area (Å²) in [6, 6.07) is 11.7. The molecule has 0 fully saturated rings. The van der Waals surface area contributed by atoms with E-state index in [0.717, 1.165) is 9.26 Å². The molecule has 126 valence electrons. The summed E-state index contributed by atoms with van der Waals surface area (Å²) in [5.74, 6) is 1.16. The fraction of sp³-hybridized carbons (Fsp3) is 0.118. The van der Waals surface area contributed by atoms with Crippen LogP contribution in [0.4, 0.5) is 5.69 Å². The number of aromatic nitrogens is 3. The Morgan fingerprint density at radius 3 is 2.72 bits per heavy atom. The molecule has 25 heavy (non-hydrogen) atoms. The first-order valence-electron chi connectivity index (χ1n) is 7.48. The topological polar surface area (TPSA) is 91.0 Å². The van der Waals surface area contributed by atoms with Gasteiger partial charge in [0.2, 0.25) is 5.88 Å². The molecule has 0 saturated heterocycles. The summed E-state index contributed by atoms with van der Waals surface area (Å²) < 4.78 is 6.56. The van der Waals surface area contributed by atoms with Gasteiger partial charge in [-0.3, -0.25) is 15.1 Å². The number of nitro benzene ring substituents is 1. The molecule has 0 radical (unpaired) electrons. The number of hydrogen-bond donors (Lipinski definition) is 0. The van der Waals surface area contributed by atoms with Gasteiger partial charge in [0.05, 0.1) is 14.6 Å². The largest absolute Gasteiger partial charge is 0.438 e. The third kappa shape index (κ3) is 4.08. The van der Waals surface area contributed by atoms with Gasteiger partial charge >= 0.3 is 0 Å². The highest BCUT2D eigenvalue weighted by Crippen LogP contribution is 2.30. The average molecular weight is 448 g/mol. The van der Waals surface area contributed by atoms with Gasteiger partial charge in [0.1, 0.15) is 11.4 Å². The number of halogens is 1. The minimum atomic E-state index is -0.459. The van der Waals surface area contributed by atoms with E-state index in [9.17, 15) is 10.1 Å². The Kier molecular flexibility index (Phi) is 5.17. The van der Waals surface area contributed by atoms with Crippen molar-refractivity contribution in [1.29, 1.82) is 0 Å². The van der Waals surface area contributed by atoms with E-state index in [1.807, 2.05) is 25.1 Å². The summed E-state index contributed by atoms with van der Waals surface area (Å²) in [6.07, 6.45) is 2.37. The molecule has 8 heteroatoms. The molecule has 0 aliphatic carbocycles. The van der Waals surface area contributed by atoms with Crippen molar-refractivity contribution in [3.8, 4) is 23.1 Å². The number of non-ortho nitro benzene ring substituents is 1. The summed E-state index contributed by atoms with van der Waals surface area (Å²) in [7, 11) is 0. The van der Waals surface area contributed by atoms with Gasteiger partial charge in [0, 0.05) is 24.0 Å². The van der Waals surface area contributed by atoms with Crippen molar-refractivity contribution in [2.45, 2.75) is 13.3 Å². The molecule has 2 heterocycles. The average Bonchev–Trinajstić information content (AvgIpc) is 2.63. The normalized spacial score (nSPS) is 10.5.